The van der Waals surface area contributed by atoms with Crippen LogP contribution < -0.4 is 0 Å². The molecule has 0 aromatic heterocycles. The summed E-state index contributed by atoms with van der Waals surface area (Å²) in [7, 11) is 0. The van der Waals surface area contributed by atoms with E-state index in [0.717, 1.165) is 11.1 Å². The van der Waals surface area contributed by atoms with Gasteiger partial charge in [-0.25, -0.2) is 4.79 Å². The SMILES string of the molecule is CCOC(=O)C=Cc1cc(O)cc(C(C)(C)C)c1. The summed E-state index contributed by atoms with van der Waals surface area (Å²) in [5.74, 6) is -0.177. The average molecular weight is 248 g/mol. The number of carbonyl (C=O) groups is 1. The Bertz CT molecular complexity index is 453. The number of hydrogen-bond donors (Lipinski definition) is 1. The molecule has 3 nitrogen and oxygen atoms in total. The molecule has 0 aliphatic heterocycles. The van der Waals surface area contributed by atoms with Gasteiger partial charge in [-0.15, -0.1) is 0 Å². The third kappa shape index (κ3) is 4.24. The summed E-state index contributed by atoms with van der Waals surface area (Å²) in [6.07, 6.45) is 3.01. The molecule has 0 heterocycles. The van der Waals surface area contributed by atoms with Crippen LogP contribution in [-0.2, 0) is 14.9 Å². The lowest BCUT2D eigenvalue weighted by atomic mass is 9.86. The second-order valence-corrected chi connectivity index (χ2v) is 5.15. The fourth-order valence-corrected chi connectivity index (χ4v) is 1.52. The number of hydrogen-bond acceptors (Lipinski definition) is 3. The normalized spacial score (nSPS) is 11.8. The molecule has 0 saturated heterocycles. The molecule has 0 atom stereocenters. The molecule has 0 spiro atoms. The van der Waals surface area contributed by atoms with E-state index in [1.165, 1.54) is 6.08 Å². The van der Waals surface area contributed by atoms with Gasteiger partial charge in [0.15, 0.2) is 0 Å². The maximum atomic E-state index is 11.2. The van der Waals surface area contributed by atoms with E-state index in [2.05, 4.69) is 20.8 Å². The van der Waals surface area contributed by atoms with Crippen LogP contribution in [-0.4, -0.2) is 17.7 Å². The Morgan fingerprint density at radius 1 is 1.33 bits per heavy atom. The highest BCUT2D eigenvalue weighted by Gasteiger charge is 2.14. The highest BCUT2D eigenvalue weighted by molar-refractivity contribution is 5.87. The van der Waals surface area contributed by atoms with Gasteiger partial charge >= 0.3 is 5.97 Å². The number of rotatable bonds is 3. The van der Waals surface area contributed by atoms with Crippen LogP contribution in [0.3, 0.4) is 0 Å². The van der Waals surface area contributed by atoms with Gasteiger partial charge in [-0.3, -0.25) is 0 Å². The van der Waals surface area contributed by atoms with Crippen LogP contribution in [0.25, 0.3) is 6.08 Å². The van der Waals surface area contributed by atoms with Crippen molar-refractivity contribution in [3.63, 3.8) is 0 Å². The average Bonchev–Trinajstić information content (AvgIpc) is 2.25. The van der Waals surface area contributed by atoms with Crippen LogP contribution in [0.1, 0.15) is 38.8 Å². The molecular formula is C15H20O3. The molecule has 1 rings (SSSR count). The van der Waals surface area contributed by atoms with E-state index < -0.39 is 0 Å². The second kappa shape index (κ2) is 5.71. The summed E-state index contributed by atoms with van der Waals surface area (Å²) in [5.41, 5.74) is 1.75. The Labute approximate surface area is 108 Å². The fraction of sp³-hybridized carbons (Fsp3) is 0.400. The molecule has 1 N–H and O–H groups in total. The first kappa shape index (κ1) is 14.3. The van der Waals surface area contributed by atoms with Crippen LogP contribution in [0.4, 0.5) is 0 Å². The van der Waals surface area contributed by atoms with Crippen LogP contribution in [0.15, 0.2) is 24.3 Å². The molecule has 1 aromatic rings. The van der Waals surface area contributed by atoms with Crippen LogP contribution >= 0.6 is 0 Å². The molecule has 3 heteroatoms. The second-order valence-electron chi connectivity index (χ2n) is 5.15. The van der Waals surface area contributed by atoms with E-state index in [-0.39, 0.29) is 17.1 Å². The molecule has 18 heavy (non-hydrogen) atoms. The minimum Gasteiger partial charge on any atom is -0.508 e. The van der Waals surface area contributed by atoms with Gasteiger partial charge in [0.25, 0.3) is 0 Å². The first-order valence-electron chi connectivity index (χ1n) is 6.02. The molecule has 0 radical (unpaired) electrons. The first-order valence-corrected chi connectivity index (χ1v) is 6.02. The maximum absolute atomic E-state index is 11.2. The van der Waals surface area contributed by atoms with Gasteiger partial charge in [-0.1, -0.05) is 26.8 Å². The summed E-state index contributed by atoms with van der Waals surface area (Å²) >= 11 is 0. The van der Waals surface area contributed by atoms with Gasteiger partial charge in [0.05, 0.1) is 6.61 Å². The zero-order valence-corrected chi connectivity index (χ0v) is 11.4. The number of aromatic hydroxyl groups is 1. The van der Waals surface area contributed by atoms with E-state index in [4.69, 9.17) is 4.74 Å². The molecule has 98 valence electrons. The maximum Gasteiger partial charge on any atom is 0.330 e. The number of benzene rings is 1. The Morgan fingerprint density at radius 3 is 2.56 bits per heavy atom. The van der Waals surface area contributed by atoms with E-state index >= 15 is 0 Å². The zero-order chi connectivity index (χ0) is 13.8. The van der Waals surface area contributed by atoms with Gasteiger partial charge in [-0.2, -0.15) is 0 Å². The molecule has 0 amide bonds. The Hall–Kier alpha value is -1.77. The topological polar surface area (TPSA) is 46.5 Å². The van der Waals surface area contributed by atoms with Crippen molar-refractivity contribution in [2.75, 3.05) is 6.61 Å². The summed E-state index contributed by atoms with van der Waals surface area (Å²) in [4.78, 5) is 11.2. The smallest absolute Gasteiger partial charge is 0.330 e. The van der Waals surface area contributed by atoms with E-state index in [9.17, 15) is 9.90 Å². The van der Waals surface area contributed by atoms with Gasteiger partial charge in [0.1, 0.15) is 5.75 Å². The van der Waals surface area contributed by atoms with Gasteiger partial charge in [0.2, 0.25) is 0 Å². The Balaban J connectivity index is 2.97. The van der Waals surface area contributed by atoms with Crippen molar-refractivity contribution in [2.45, 2.75) is 33.1 Å². The zero-order valence-electron chi connectivity index (χ0n) is 11.4. The fourth-order valence-electron chi connectivity index (χ4n) is 1.52. The standard InChI is InChI=1S/C15H20O3/c1-5-18-14(17)7-6-11-8-12(15(2,3)4)10-13(16)9-11/h6-10,16H,5H2,1-4H3. The number of phenolic OH excluding ortho intramolecular Hbond substituents is 1. The Kier molecular flexibility index (Phi) is 4.54. The summed E-state index contributed by atoms with van der Waals surface area (Å²) in [5, 5.41) is 9.68. The highest BCUT2D eigenvalue weighted by Crippen LogP contribution is 2.27. The van der Waals surface area contributed by atoms with Crippen LogP contribution in [0.2, 0.25) is 0 Å². The van der Waals surface area contributed by atoms with E-state index in [1.807, 2.05) is 6.07 Å². The molecule has 0 aliphatic rings. The third-order valence-corrected chi connectivity index (χ3v) is 2.50. The lowest BCUT2D eigenvalue weighted by Crippen LogP contribution is -2.10. The summed E-state index contributed by atoms with van der Waals surface area (Å²) in [6.45, 7) is 8.33. The van der Waals surface area contributed by atoms with Crippen molar-refractivity contribution >= 4 is 12.0 Å². The molecular weight excluding hydrogens is 228 g/mol. The number of carbonyl (C=O) groups excluding carboxylic acids is 1. The van der Waals surface area contributed by atoms with Crippen molar-refractivity contribution in [2.24, 2.45) is 0 Å². The number of ether oxygens (including phenoxy) is 1. The minimum atomic E-state index is -0.377. The first-order chi connectivity index (χ1) is 8.32. The number of phenols is 1. The van der Waals surface area contributed by atoms with Crippen molar-refractivity contribution in [1.29, 1.82) is 0 Å². The summed E-state index contributed by atoms with van der Waals surface area (Å²) < 4.78 is 4.80. The largest absolute Gasteiger partial charge is 0.508 e. The van der Waals surface area contributed by atoms with E-state index in [1.54, 1.807) is 25.1 Å². The van der Waals surface area contributed by atoms with Crippen molar-refractivity contribution in [3.05, 3.63) is 35.4 Å². The third-order valence-electron chi connectivity index (χ3n) is 2.50. The van der Waals surface area contributed by atoms with Gasteiger partial charge in [-0.05, 0) is 41.7 Å². The predicted octanol–water partition coefficient (Wildman–Crippen LogP) is 3.27. The number of esters is 1. The lowest BCUT2D eigenvalue weighted by molar-refractivity contribution is -0.137. The molecule has 0 fully saturated rings. The lowest BCUT2D eigenvalue weighted by Gasteiger charge is -2.19. The molecule has 0 bridgehead atoms. The predicted molar refractivity (Wildman–Crippen MR) is 72.5 cm³/mol. The van der Waals surface area contributed by atoms with Crippen LogP contribution in [0, 0.1) is 0 Å². The van der Waals surface area contributed by atoms with Gasteiger partial charge in [0, 0.05) is 6.08 Å². The van der Waals surface area contributed by atoms with Crippen LogP contribution in [0.5, 0.6) is 5.75 Å². The van der Waals surface area contributed by atoms with Gasteiger partial charge < -0.3 is 9.84 Å². The molecule has 1 aromatic carbocycles. The van der Waals surface area contributed by atoms with Crippen molar-refractivity contribution in [3.8, 4) is 5.75 Å². The monoisotopic (exact) mass is 248 g/mol. The molecule has 0 unspecified atom stereocenters. The van der Waals surface area contributed by atoms with Crippen molar-refractivity contribution in [1.82, 2.24) is 0 Å². The van der Waals surface area contributed by atoms with Crippen molar-refractivity contribution < 1.29 is 14.6 Å². The molecule has 0 aliphatic carbocycles. The Morgan fingerprint density at radius 2 is 2.00 bits per heavy atom. The quantitative estimate of drug-likeness (QED) is 0.659. The minimum absolute atomic E-state index is 0.0503. The van der Waals surface area contributed by atoms with E-state index in [0.29, 0.717) is 6.61 Å². The molecule has 0 saturated carbocycles. The highest BCUT2D eigenvalue weighted by atomic mass is 16.5. The summed E-state index contributed by atoms with van der Waals surface area (Å²) in [6, 6.07) is 5.31.